The molecule has 0 bridgehead atoms. The molecule has 6 nitrogen and oxygen atoms in total. The zero-order chi connectivity index (χ0) is 17.3. The highest BCUT2D eigenvalue weighted by molar-refractivity contribution is 7.98. The number of aromatic nitrogens is 1. The summed E-state index contributed by atoms with van der Waals surface area (Å²) in [5.41, 5.74) is 1.01. The first kappa shape index (κ1) is 19.7. The maximum atomic E-state index is 10.4. The van der Waals surface area contributed by atoms with Gasteiger partial charge in [0, 0.05) is 5.39 Å². The molecular weight excluding hydrogens is 338 g/mol. The van der Waals surface area contributed by atoms with E-state index >= 15 is 0 Å². The van der Waals surface area contributed by atoms with Gasteiger partial charge in [-0.1, -0.05) is 0 Å². The van der Waals surface area contributed by atoms with Crippen molar-refractivity contribution in [2.75, 3.05) is 26.6 Å². The second-order valence-electron chi connectivity index (χ2n) is 4.13. The Hall–Kier alpha value is -1.35. The van der Waals surface area contributed by atoms with Crippen LogP contribution in [-0.4, -0.2) is 40.0 Å². The lowest BCUT2D eigenvalue weighted by Gasteiger charge is -2.02. The number of hydrogen-bond donors (Lipinski definition) is 0. The standard InChI is InChI=1S/C11H11NOS.C4H10O4S/c1-13-9-4-5-10-8(7-9)3-6-11(12-10)14-2;1-3-7-9(5,6)8-4-2/h3-7H,1-2H3;3-4H2,1-2H3. The van der Waals surface area contributed by atoms with Crippen molar-refractivity contribution < 1.29 is 21.5 Å². The summed E-state index contributed by atoms with van der Waals surface area (Å²) < 4.78 is 34.4. The normalized spacial score (nSPS) is 11.0. The van der Waals surface area contributed by atoms with Crippen LogP contribution in [0.1, 0.15) is 13.8 Å². The summed E-state index contributed by atoms with van der Waals surface area (Å²) >= 11 is 1.65. The fourth-order valence-electron chi connectivity index (χ4n) is 1.65. The molecule has 1 aromatic carbocycles. The van der Waals surface area contributed by atoms with E-state index in [1.165, 1.54) is 0 Å². The van der Waals surface area contributed by atoms with Crippen LogP contribution in [0, 0.1) is 0 Å². The van der Waals surface area contributed by atoms with Gasteiger partial charge in [0.05, 0.1) is 30.9 Å². The largest absolute Gasteiger partial charge is 0.497 e. The highest BCUT2D eigenvalue weighted by Crippen LogP contribution is 2.22. The lowest BCUT2D eigenvalue weighted by Crippen LogP contribution is -2.09. The number of nitrogens with zero attached hydrogens (tertiary/aromatic N) is 1. The van der Waals surface area contributed by atoms with E-state index in [-0.39, 0.29) is 13.2 Å². The highest BCUT2D eigenvalue weighted by atomic mass is 32.3. The predicted molar refractivity (Wildman–Crippen MR) is 92.2 cm³/mol. The van der Waals surface area contributed by atoms with E-state index in [0.717, 1.165) is 21.7 Å². The Morgan fingerprint density at radius 2 is 1.74 bits per heavy atom. The molecule has 0 unspecified atom stereocenters. The van der Waals surface area contributed by atoms with E-state index in [1.54, 1.807) is 32.7 Å². The first-order valence-electron chi connectivity index (χ1n) is 6.98. The fraction of sp³-hybridized carbons (Fsp3) is 0.400. The van der Waals surface area contributed by atoms with Crippen molar-refractivity contribution in [2.24, 2.45) is 0 Å². The molecule has 2 rings (SSSR count). The molecule has 0 radical (unpaired) electrons. The molecule has 1 aromatic heterocycles. The number of thioether (sulfide) groups is 1. The molecule has 0 fully saturated rings. The molecule has 23 heavy (non-hydrogen) atoms. The Morgan fingerprint density at radius 3 is 2.26 bits per heavy atom. The van der Waals surface area contributed by atoms with Crippen molar-refractivity contribution in [1.82, 2.24) is 4.98 Å². The van der Waals surface area contributed by atoms with Crippen molar-refractivity contribution in [3.05, 3.63) is 30.3 Å². The third kappa shape index (κ3) is 6.74. The van der Waals surface area contributed by atoms with Crippen molar-refractivity contribution in [2.45, 2.75) is 18.9 Å². The van der Waals surface area contributed by atoms with Crippen molar-refractivity contribution in [1.29, 1.82) is 0 Å². The molecule has 0 aliphatic heterocycles. The lowest BCUT2D eigenvalue weighted by atomic mass is 10.2. The van der Waals surface area contributed by atoms with Crippen molar-refractivity contribution in [3.8, 4) is 5.75 Å². The minimum absolute atomic E-state index is 0.113. The molecule has 1 heterocycles. The van der Waals surface area contributed by atoms with Gasteiger partial charge in [0.2, 0.25) is 0 Å². The van der Waals surface area contributed by atoms with E-state index < -0.39 is 10.4 Å². The molecule has 2 aromatic rings. The van der Waals surface area contributed by atoms with Gasteiger partial charge in [-0.3, -0.25) is 0 Å². The predicted octanol–water partition coefficient (Wildman–Crippen LogP) is 3.27. The zero-order valence-electron chi connectivity index (χ0n) is 13.6. The van der Waals surface area contributed by atoms with E-state index in [9.17, 15) is 8.42 Å². The zero-order valence-corrected chi connectivity index (χ0v) is 15.2. The van der Waals surface area contributed by atoms with Crippen LogP contribution in [0.4, 0.5) is 0 Å². The van der Waals surface area contributed by atoms with Crippen LogP contribution in [0.5, 0.6) is 5.75 Å². The second kappa shape index (κ2) is 9.71. The first-order valence-corrected chi connectivity index (χ1v) is 9.54. The molecule has 8 heteroatoms. The fourth-order valence-corrected chi connectivity index (χ4v) is 2.69. The third-order valence-electron chi connectivity index (χ3n) is 2.60. The number of ether oxygens (including phenoxy) is 1. The minimum atomic E-state index is -3.68. The smallest absolute Gasteiger partial charge is 0.399 e. The summed E-state index contributed by atoms with van der Waals surface area (Å²) in [6, 6.07) is 9.99. The SMILES string of the molecule is CCOS(=O)(=O)OCC.COc1ccc2nc(SC)ccc2c1. The van der Waals surface area contributed by atoms with Crippen molar-refractivity contribution in [3.63, 3.8) is 0 Å². The molecule has 0 N–H and O–H groups in total. The lowest BCUT2D eigenvalue weighted by molar-refractivity contribution is 0.231. The van der Waals surface area contributed by atoms with Gasteiger partial charge >= 0.3 is 10.4 Å². The average molecular weight is 359 g/mol. The van der Waals surface area contributed by atoms with Gasteiger partial charge in [-0.2, -0.15) is 8.42 Å². The quantitative estimate of drug-likeness (QED) is 0.733. The molecule has 0 aliphatic rings. The van der Waals surface area contributed by atoms with E-state index in [4.69, 9.17) is 4.74 Å². The molecular formula is C15H21NO5S2. The Morgan fingerprint density at radius 1 is 1.09 bits per heavy atom. The minimum Gasteiger partial charge on any atom is -0.497 e. The van der Waals surface area contributed by atoms with Crippen LogP contribution >= 0.6 is 11.8 Å². The van der Waals surface area contributed by atoms with Gasteiger partial charge in [0.25, 0.3) is 0 Å². The van der Waals surface area contributed by atoms with Crippen LogP contribution in [0.25, 0.3) is 10.9 Å². The monoisotopic (exact) mass is 359 g/mol. The number of methoxy groups -OCH3 is 1. The molecule has 0 amide bonds. The van der Waals surface area contributed by atoms with Crippen LogP contribution in [0.3, 0.4) is 0 Å². The molecule has 0 aliphatic carbocycles. The Labute approximate surface area is 141 Å². The third-order valence-corrected chi connectivity index (χ3v) is 4.30. The van der Waals surface area contributed by atoms with Crippen molar-refractivity contribution >= 4 is 33.1 Å². The van der Waals surface area contributed by atoms with Gasteiger partial charge < -0.3 is 4.74 Å². The maximum absolute atomic E-state index is 10.4. The summed E-state index contributed by atoms with van der Waals surface area (Å²) in [6.45, 7) is 3.39. The summed E-state index contributed by atoms with van der Waals surface area (Å²) in [5.74, 6) is 0.871. The van der Waals surface area contributed by atoms with Gasteiger partial charge in [0.15, 0.2) is 0 Å². The van der Waals surface area contributed by atoms with Crippen LogP contribution < -0.4 is 4.74 Å². The van der Waals surface area contributed by atoms with Gasteiger partial charge in [-0.25, -0.2) is 13.4 Å². The molecule has 0 spiro atoms. The Bertz CT molecular complexity index is 664. The summed E-state index contributed by atoms with van der Waals surface area (Å²) in [6.07, 6.45) is 2.03. The van der Waals surface area contributed by atoms with E-state index in [1.807, 2.05) is 30.5 Å². The van der Waals surface area contributed by atoms with Crippen LogP contribution in [0.15, 0.2) is 35.4 Å². The molecule has 0 saturated heterocycles. The topological polar surface area (TPSA) is 74.7 Å². The average Bonchev–Trinajstić information content (AvgIpc) is 2.54. The Kier molecular flexibility index (Phi) is 8.32. The highest BCUT2D eigenvalue weighted by Gasteiger charge is 2.06. The molecule has 0 saturated carbocycles. The maximum Gasteiger partial charge on any atom is 0.399 e. The number of benzene rings is 1. The summed E-state index contributed by atoms with van der Waals surface area (Å²) in [4.78, 5) is 4.48. The molecule has 128 valence electrons. The number of fused-ring (bicyclic) bond motifs is 1. The van der Waals surface area contributed by atoms with E-state index in [2.05, 4.69) is 19.4 Å². The summed E-state index contributed by atoms with van der Waals surface area (Å²) in [5, 5.41) is 2.16. The first-order chi connectivity index (χ1) is 11.0. The van der Waals surface area contributed by atoms with Gasteiger partial charge in [-0.05, 0) is 50.4 Å². The second-order valence-corrected chi connectivity index (χ2v) is 6.25. The number of rotatable bonds is 6. The van der Waals surface area contributed by atoms with Gasteiger partial charge in [0.1, 0.15) is 5.75 Å². The Balaban J connectivity index is 0.000000257. The molecule has 0 atom stereocenters. The van der Waals surface area contributed by atoms with Crippen LogP contribution in [0.2, 0.25) is 0 Å². The van der Waals surface area contributed by atoms with Crippen LogP contribution in [-0.2, 0) is 18.8 Å². The number of hydrogen-bond acceptors (Lipinski definition) is 7. The summed E-state index contributed by atoms with van der Waals surface area (Å²) in [7, 11) is -2.01. The van der Waals surface area contributed by atoms with E-state index in [0.29, 0.717) is 0 Å². The van der Waals surface area contributed by atoms with Gasteiger partial charge in [-0.15, -0.1) is 11.8 Å². The number of pyridine rings is 1.